The smallest absolute Gasteiger partial charge is 0.365 e. The number of anilines is 2. The molecular weight excluding hydrogens is 438 g/mol. The first kappa shape index (κ1) is 22.2. The van der Waals surface area contributed by atoms with E-state index in [0.29, 0.717) is 0 Å². The Morgan fingerprint density at radius 1 is 0.968 bits per heavy atom. The number of hydrogen-bond acceptors (Lipinski definition) is 5. The Kier molecular flexibility index (Phi) is 6.25. The van der Waals surface area contributed by atoms with Gasteiger partial charge in [0.15, 0.2) is 0 Å². The number of nitrogens with one attached hydrogen (secondary N) is 2. The Balaban J connectivity index is 1.73. The van der Waals surface area contributed by atoms with Crippen molar-refractivity contribution in [2.45, 2.75) is 16.9 Å². The number of nitrogens with zero attached hydrogens (tertiary/aromatic N) is 1. The normalized spacial score (nSPS) is 11.7. The molecule has 0 atom stereocenters. The summed E-state index contributed by atoms with van der Waals surface area (Å²) in [5.74, 6) is -0.752. The van der Waals surface area contributed by atoms with E-state index in [1.807, 2.05) is 0 Å². The maximum Gasteiger partial charge on any atom is 0.501 e. The van der Waals surface area contributed by atoms with Crippen molar-refractivity contribution in [2.75, 3.05) is 10.6 Å². The van der Waals surface area contributed by atoms with Crippen LogP contribution in [-0.4, -0.2) is 24.8 Å². The first-order valence-corrected chi connectivity index (χ1v) is 10.2. The van der Waals surface area contributed by atoms with Crippen LogP contribution >= 0.6 is 0 Å². The molecule has 0 aliphatic carbocycles. The van der Waals surface area contributed by atoms with E-state index >= 15 is 0 Å². The first-order chi connectivity index (χ1) is 14.6. The van der Waals surface area contributed by atoms with Crippen molar-refractivity contribution in [2.24, 2.45) is 0 Å². The van der Waals surface area contributed by atoms with Crippen molar-refractivity contribution in [3.63, 3.8) is 0 Å². The average molecular weight is 453 g/mol. The number of carbonyl (C=O) groups is 1. The van der Waals surface area contributed by atoms with Crippen molar-refractivity contribution < 1.29 is 30.8 Å². The zero-order valence-electron chi connectivity index (χ0n) is 15.7. The predicted molar refractivity (Wildman–Crippen MR) is 106 cm³/mol. The van der Waals surface area contributed by atoms with Crippen LogP contribution in [0.2, 0.25) is 0 Å². The number of pyridine rings is 1. The molecule has 0 aliphatic heterocycles. The van der Waals surface area contributed by atoms with Gasteiger partial charge in [0.25, 0.3) is 15.7 Å². The minimum absolute atomic E-state index is 0.0967. The maximum absolute atomic E-state index is 13.0. The number of halogens is 4. The molecular formula is C20H15F4N3O3S. The van der Waals surface area contributed by atoms with Crippen LogP contribution in [0.5, 0.6) is 0 Å². The SMILES string of the molecule is O=C(Nc1ccc(S(=O)(=O)C(F)(F)F)cc1)c1cccnc1NCc1ccc(F)cc1. The average Bonchev–Trinajstić information content (AvgIpc) is 2.73. The number of rotatable bonds is 6. The van der Waals surface area contributed by atoms with Gasteiger partial charge in [0, 0.05) is 18.4 Å². The number of benzene rings is 2. The van der Waals surface area contributed by atoms with Crippen molar-refractivity contribution in [3.8, 4) is 0 Å². The van der Waals surface area contributed by atoms with Crippen LogP contribution in [0, 0.1) is 5.82 Å². The molecule has 0 unspecified atom stereocenters. The van der Waals surface area contributed by atoms with Crippen molar-refractivity contribution in [3.05, 3.63) is 83.8 Å². The second kappa shape index (κ2) is 8.72. The fourth-order valence-corrected chi connectivity index (χ4v) is 3.33. The molecule has 2 aromatic carbocycles. The second-order valence-corrected chi connectivity index (χ2v) is 8.25. The fourth-order valence-electron chi connectivity index (χ4n) is 2.57. The molecule has 11 heteroatoms. The van der Waals surface area contributed by atoms with Gasteiger partial charge >= 0.3 is 5.51 Å². The molecule has 0 saturated heterocycles. The first-order valence-electron chi connectivity index (χ1n) is 8.74. The largest absolute Gasteiger partial charge is 0.501 e. The van der Waals surface area contributed by atoms with Gasteiger partial charge in [0.05, 0.1) is 10.5 Å². The summed E-state index contributed by atoms with van der Waals surface area (Å²) in [6.45, 7) is 0.265. The van der Waals surface area contributed by atoms with Crippen LogP contribution in [0.25, 0.3) is 0 Å². The van der Waals surface area contributed by atoms with Crippen LogP contribution in [0.1, 0.15) is 15.9 Å². The lowest BCUT2D eigenvalue weighted by atomic mass is 10.2. The zero-order chi connectivity index (χ0) is 22.6. The van der Waals surface area contributed by atoms with E-state index in [-0.39, 0.29) is 29.4 Å². The van der Waals surface area contributed by atoms with Gasteiger partial charge in [-0.15, -0.1) is 0 Å². The maximum atomic E-state index is 13.0. The van der Waals surface area contributed by atoms with E-state index in [0.717, 1.165) is 29.8 Å². The molecule has 162 valence electrons. The molecule has 0 aliphatic rings. The quantitative estimate of drug-likeness (QED) is 0.541. The van der Waals surface area contributed by atoms with E-state index in [9.17, 15) is 30.8 Å². The molecule has 31 heavy (non-hydrogen) atoms. The van der Waals surface area contributed by atoms with Gasteiger partial charge in [-0.05, 0) is 54.1 Å². The summed E-state index contributed by atoms with van der Waals surface area (Å²) >= 11 is 0. The number of hydrogen-bond donors (Lipinski definition) is 2. The molecule has 1 aromatic heterocycles. The number of alkyl halides is 3. The third kappa shape index (κ3) is 5.18. The van der Waals surface area contributed by atoms with Gasteiger partial charge in [-0.25, -0.2) is 17.8 Å². The van der Waals surface area contributed by atoms with Gasteiger partial charge in [-0.1, -0.05) is 12.1 Å². The molecule has 0 saturated carbocycles. The third-order valence-electron chi connectivity index (χ3n) is 4.15. The Labute approximate surface area is 174 Å². The highest BCUT2D eigenvalue weighted by Gasteiger charge is 2.46. The van der Waals surface area contributed by atoms with Gasteiger partial charge < -0.3 is 10.6 Å². The van der Waals surface area contributed by atoms with Crippen LogP contribution in [0.3, 0.4) is 0 Å². The second-order valence-electron chi connectivity index (χ2n) is 6.31. The van der Waals surface area contributed by atoms with Crippen molar-refractivity contribution in [1.82, 2.24) is 4.98 Å². The topological polar surface area (TPSA) is 88.2 Å². The standard InChI is InChI=1S/C20H15F4N3O3S/c21-14-5-3-13(4-6-14)12-26-18-17(2-1-11-25-18)19(28)27-15-7-9-16(10-8-15)31(29,30)20(22,23)24/h1-11H,12H2,(H,25,26)(H,27,28). The molecule has 3 aromatic rings. The summed E-state index contributed by atoms with van der Waals surface area (Å²) in [7, 11) is -5.47. The van der Waals surface area contributed by atoms with E-state index < -0.39 is 26.1 Å². The van der Waals surface area contributed by atoms with Gasteiger partial charge in [-0.2, -0.15) is 13.2 Å². The summed E-state index contributed by atoms with van der Waals surface area (Å²) in [5, 5.41) is 5.44. The van der Waals surface area contributed by atoms with Crippen LogP contribution in [-0.2, 0) is 16.4 Å². The minimum atomic E-state index is -5.47. The Hall–Kier alpha value is -3.47. The monoisotopic (exact) mass is 453 g/mol. The number of amides is 1. The van der Waals surface area contributed by atoms with Crippen molar-refractivity contribution in [1.29, 1.82) is 0 Å². The number of aromatic nitrogens is 1. The molecule has 0 bridgehead atoms. The minimum Gasteiger partial charge on any atom is -0.365 e. The van der Waals surface area contributed by atoms with E-state index in [1.165, 1.54) is 30.5 Å². The van der Waals surface area contributed by atoms with Crippen LogP contribution < -0.4 is 10.6 Å². The molecule has 0 radical (unpaired) electrons. The summed E-state index contributed by atoms with van der Waals surface area (Å²) in [4.78, 5) is 15.8. The van der Waals surface area contributed by atoms with Gasteiger partial charge in [0.1, 0.15) is 11.6 Å². The Morgan fingerprint density at radius 2 is 1.61 bits per heavy atom. The molecule has 3 rings (SSSR count). The molecule has 0 fully saturated rings. The van der Waals surface area contributed by atoms with Gasteiger partial charge in [0.2, 0.25) is 0 Å². The lowest BCUT2D eigenvalue weighted by molar-refractivity contribution is -0.0436. The lowest BCUT2D eigenvalue weighted by Crippen LogP contribution is -2.23. The number of sulfone groups is 1. The highest BCUT2D eigenvalue weighted by molar-refractivity contribution is 7.92. The molecule has 2 N–H and O–H groups in total. The summed E-state index contributed by atoms with van der Waals surface area (Å²) in [5.41, 5.74) is -4.42. The Morgan fingerprint density at radius 3 is 2.23 bits per heavy atom. The van der Waals surface area contributed by atoms with Crippen LogP contribution in [0.15, 0.2) is 71.8 Å². The lowest BCUT2D eigenvalue weighted by Gasteiger charge is -2.12. The molecule has 1 amide bonds. The highest BCUT2D eigenvalue weighted by atomic mass is 32.2. The van der Waals surface area contributed by atoms with E-state index in [4.69, 9.17) is 0 Å². The zero-order valence-corrected chi connectivity index (χ0v) is 16.5. The third-order valence-corrected chi connectivity index (χ3v) is 5.65. The fraction of sp³-hybridized carbons (Fsp3) is 0.100. The summed E-state index contributed by atoms with van der Waals surface area (Å²) in [6, 6.07) is 12.4. The summed E-state index contributed by atoms with van der Waals surface area (Å²) in [6.07, 6.45) is 1.46. The summed E-state index contributed by atoms with van der Waals surface area (Å²) < 4.78 is 73.7. The Bertz CT molecular complexity index is 1180. The predicted octanol–water partition coefficient (Wildman–Crippen LogP) is 4.38. The van der Waals surface area contributed by atoms with Crippen molar-refractivity contribution >= 4 is 27.2 Å². The molecule has 0 spiro atoms. The van der Waals surface area contributed by atoms with Crippen LogP contribution in [0.4, 0.5) is 29.1 Å². The van der Waals surface area contributed by atoms with E-state index in [2.05, 4.69) is 15.6 Å². The van der Waals surface area contributed by atoms with E-state index in [1.54, 1.807) is 12.1 Å². The molecule has 6 nitrogen and oxygen atoms in total. The highest BCUT2D eigenvalue weighted by Crippen LogP contribution is 2.30. The number of carbonyl (C=O) groups excluding carboxylic acids is 1. The molecule has 1 heterocycles. The van der Waals surface area contributed by atoms with Gasteiger partial charge in [-0.3, -0.25) is 4.79 Å².